The summed E-state index contributed by atoms with van der Waals surface area (Å²) in [5, 5.41) is 21.3. The third-order valence-electron chi connectivity index (χ3n) is 25.1. The minimum atomic E-state index is -1.13. The van der Waals surface area contributed by atoms with Gasteiger partial charge in [-0.15, -0.1) is 0 Å². The van der Waals surface area contributed by atoms with Crippen LogP contribution >= 0.6 is 0 Å². The first-order chi connectivity index (χ1) is 67.3. The van der Waals surface area contributed by atoms with Crippen molar-refractivity contribution in [1.82, 2.24) is 5.32 Å². The maximum atomic E-state index is 13.0. The number of rotatable bonds is 24. The molecule has 0 radical (unpaired) electrons. The quantitative estimate of drug-likeness (QED) is 0.0254. The van der Waals surface area contributed by atoms with E-state index in [0.717, 1.165) is 16.7 Å². The van der Waals surface area contributed by atoms with Gasteiger partial charge in [0.2, 0.25) is 12.2 Å². The molecule has 1 aliphatic carbocycles. The fraction of sp³-hybridized carbons (Fsp3) is 0.643. The summed E-state index contributed by atoms with van der Waals surface area (Å²) in [7, 11) is 0. The van der Waals surface area contributed by atoms with E-state index in [1.807, 2.05) is 102 Å². The Morgan fingerprint density at radius 3 is 1.31 bits per heavy atom. The van der Waals surface area contributed by atoms with Crippen LogP contribution in [0.25, 0.3) is 0 Å². The second kappa shape index (κ2) is 43.5. The first-order valence-corrected chi connectivity index (χ1v) is 46.8. The highest BCUT2D eigenvalue weighted by Crippen LogP contribution is 2.50. The average molecular weight is 2020 g/mol. The summed E-state index contributed by atoms with van der Waals surface area (Å²) in [5.41, 5.74) is -2.30. The fourth-order valence-electron chi connectivity index (χ4n) is 17.3. The molecule has 8 unspecified atom stereocenters. The number of carbonyl (C=O) groups excluding carboxylic acids is 11. The smallest absolute Gasteiger partial charge is 0.504 e. The van der Waals surface area contributed by atoms with Crippen LogP contribution in [0.3, 0.4) is 0 Å². The van der Waals surface area contributed by atoms with E-state index in [-0.39, 0.29) is 134 Å². The van der Waals surface area contributed by atoms with Gasteiger partial charge in [-0.05, 0) is 178 Å². The summed E-state index contributed by atoms with van der Waals surface area (Å²) < 4.78 is 170. The molecule has 13 heterocycles. The molecule has 4 aromatic rings. The van der Waals surface area contributed by atoms with Gasteiger partial charge in [-0.25, -0.2) is 28.8 Å². The van der Waals surface area contributed by atoms with E-state index in [9.17, 15) is 63.0 Å². The summed E-state index contributed by atoms with van der Waals surface area (Å²) in [6.07, 6.45) is -9.87. The van der Waals surface area contributed by atoms with Crippen molar-refractivity contribution in [3.63, 3.8) is 0 Å². The van der Waals surface area contributed by atoms with Crippen molar-refractivity contribution in [3.8, 4) is 23.0 Å². The Bertz CT molecular complexity index is 5160. The Balaban J connectivity index is 0.000000143. The van der Waals surface area contributed by atoms with Gasteiger partial charge in [0, 0.05) is 12.5 Å². The SMILES string of the molecule is CC1(C(=O)NCCc2ccc(O)c(O)c2)COC(=O)OC1.CC1(C(=O)OCCOC(=O)c2ccc(OCc3ccccc3)c(OCc3ccccc3)c2)COC(=O)OC1.CC1(C)OC2OC(COC(=O)C3(C)COC(=O)OC3)C3OC(C)(C)OC3C2O1.CC1(C)OCC([C@H]2C[C@@H]3OC(C)(C)O[C@@H]3[C@H]2OC(=O)C2(C)COC(=O)OC2)O1.CC1(C)OCC([C@H]2OC(OC(=O)C3(C)COC(=O)OC3)[C@H]3OC(C)(C)O[C@@H]23)O1. The molecule has 14 fully saturated rings. The van der Waals surface area contributed by atoms with E-state index in [0.29, 0.717) is 50.7 Å². The summed E-state index contributed by atoms with van der Waals surface area (Å²) in [5.74, 6) is -7.45. The zero-order chi connectivity index (χ0) is 103. The van der Waals surface area contributed by atoms with Crippen LogP contribution in [0.1, 0.15) is 151 Å². The Morgan fingerprint density at radius 2 is 0.797 bits per heavy atom. The summed E-state index contributed by atoms with van der Waals surface area (Å²) in [4.78, 5) is 130. The highest BCUT2D eigenvalue weighted by molar-refractivity contribution is 5.90. The van der Waals surface area contributed by atoms with E-state index in [1.165, 1.54) is 12.1 Å². The molecule has 1 amide bonds. The number of hydrogen-bond acceptors (Lipinski definition) is 44. The number of fused-ring (bicyclic) bond motifs is 5. The van der Waals surface area contributed by atoms with Gasteiger partial charge in [0.15, 0.2) is 70.1 Å². The number of cyclic esters (lactones) is 10. The molecule has 45 nitrogen and oxygen atoms in total. The highest BCUT2D eigenvalue weighted by atomic mass is 16.9. The zero-order valence-corrected chi connectivity index (χ0v) is 82.6. The van der Waals surface area contributed by atoms with E-state index in [4.69, 9.17) is 147 Å². The first kappa shape index (κ1) is 107. The van der Waals surface area contributed by atoms with Crippen LogP contribution in [0.2, 0.25) is 0 Å². The fourth-order valence-corrected chi connectivity index (χ4v) is 17.3. The minimum absolute atomic E-state index is 0.0162. The number of carbonyl (C=O) groups is 11. The molecule has 3 N–H and O–H groups in total. The molecule has 4 aromatic carbocycles. The molecule has 786 valence electrons. The number of phenolic OH excluding ortho intramolecular Hbond substituents is 2. The topological polar surface area (TPSA) is 526 Å². The molecule has 15 atom stereocenters. The molecule has 0 bridgehead atoms. The molecule has 13 aliphatic heterocycles. The van der Waals surface area contributed by atoms with Crippen molar-refractivity contribution >= 4 is 66.5 Å². The largest absolute Gasteiger partial charge is 0.508 e. The maximum Gasteiger partial charge on any atom is 0.508 e. The van der Waals surface area contributed by atoms with Crippen molar-refractivity contribution in [1.29, 1.82) is 0 Å². The number of nitrogens with one attached hydrogen (secondary N) is 1. The average Bonchev–Trinajstić information content (AvgIpc) is 1.60. The number of ether oxygens (including phenoxy) is 31. The van der Waals surface area contributed by atoms with Crippen LogP contribution in [0.4, 0.5) is 24.0 Å². The van der Waals surface area contributed by atoms with Gasteiger partial charge < -0.3 is 162 Å². The second-order valence-corrected chi connectivity index (χ2v) is 40.6. The van der Waals surface area contributed by atoms with Crippen molar-refractivity contribution in [2.24, 2.45) is 33.0 Å². The molecule has 14 aliphatic rings. The second-order valence-electron chi connectivity index (χ2n) is 40.6. The monoisotopic (exact) mass is 2020 g/mol. The molecule has 0 aromatic heterocycles. The van der Waals surface area contributed by atoms with Crippen molar-refractivity contribution in [3.05, 3.63) is 119 Å². The van der Waals surface area contributed by atoms with Crippen molar-refractivity contribution in [2.45, 2.75) is 264 Å². The number of amides is 1. The van der Waals surface area contributed by atoms with Crippen LogP contribution in [-0.2, 0) is 181 Å². The highest BCUT2D eigenvalue weighted by Gasteiger charge is 2.65. The number of aromatic hydroxyl groups is 2. The van der Waals surface area contributed by atoms with Gasteiger partial charge in [-0.2, -0.15) is 0 Å². The lowest BCUT2D eigenvalue weighted by molar-refractivity contribution is -0.249. The van der Waals surface area contributed by atoms with E-state index >= 15 is 0 Å². The third kappa shape index (κ3) is 27.1. The van der Waals surface area contributed by atoms with E-state index < -0.39 is 196 Å². The standard InChI is InChI=1S/C29H28O9.C19H28O9.2C18H26O10.C14H17NO6/c1-29(19-37-28(32)38-20-29)27(31)34-15-14-33-26(30)23-12-13-24(35-17-21-8-4-2-5-9-21)25(16-23)36-18-22-10-6-3-7-11-22;1-17(2)24-7-12(27-17)10-6-11-14(28-18(3,4)26-11)13(10)25-15(20)19(5)8-22-16(21)23-9-19;1-16(2)23-6-9(26-16)10-11-12(28-17(3,4)27-11)13(24-10)25-14(19)18(5)7-21-15(20)22-8-18;1-16(2)25-10-9(6-21-14(19)18(5)7-22-15(20)23-8-18)24-13-12(11(10)26-16)27-17(3,4)28-13;1-14(7-20-13(19)21-8-14)12(18)15-5-4-9-2-3-10(16)11(17)6-9/h2-13,16H,14-15,17-20H2,1H3;10-14H,6-9H2,1-5H3;2*9-13H,6-8H2,1-5H3;2-3,6,16-17H,4-5,7-8H2,1H3,(H,15,18)/t;10-,11+,12?,13+,14+;9?,10-,11+,12+,13?;;/m.11../s1. The molecule has 1 saturated carbocycles. The molecule has 45 heteroatoms. The van der Waals surface area contributed by atoms with Gasteiger partial charge in [0.05, 0.1) is 31.0 Å². The Labute approximate surface area is 823 Å². The lowest BCUT2D eigenvalue weighted by Crippen LogP contribution is -2.56. The number of hydrogen-bond donors (Lipinski definition) is 3. The van der Waals surface area contributed by atoms with Gasteiger partial charge in [0.1, 0.15) is 181 Å². The van der Waals surface area contributed by atoms with Crippen LogP contribution in [0.15, 0.2) is 97.1 Å². The predicted molar refractivity (Wildman–Crippen MR) is 476 cm³/mol. The van der Waals surface area contributed by atoms with E-state index in [1.54, 1.807) is 100 Å². The molecular weight excluding hydrogens is 1900 g/mol. The number of benzene rings is 4. The van der Waals surface area contributed by atoms with Crippen LogP contribution in [0, 0.1) is 33.0 Å². The third-order valence-corrected chi connectivity index (χ3v) is 25.1. The molecule has 13 saturated heterocycles. The van der Waals surface area contributed by atoms with Crippen molar-refractivity contribution < 1.29 is 210 Å². The normalized spacial score (nSPS) is 29.9. The van der Waals surface area contributed by atoms with Gasteiger partial charge >= 0.3 is 60.6 Å². The van der Waals surface area contributed by atoms with Crippen LogP contribution < -0.4 is 14.8 Å². The Hall–Kier alpha value is -11.3. The van der Waals surface area contributed by atoms with Crippen LogP contribution in [0.5, 0.6) is 23.0 Å². The minimum Gasteiger partial charge on any atom is -0.504 e. The summed E-state index contributed by atoms with van der Waals surface area (Å²) in [6, 6.07) is 28.6. The Kier molecular flexibility index (Phi) is 32.7. The lowest BCUT2D eigenvalue weighted by atomic mass is 9.91. The van der Waals surface area contributed by atoms with E-state index in [2.05, 4.69) is 5.32 Å². The maximum absolute atomic E-state index is 13.0. The van der Waals surface area contributed by atoms with Crippen molar-refractivity contribution in [2.75, 3.05) is 106 Å². The van der Waals surface area contributed by atoms with Gasteiger partial charge in [-0.1, -0.05) is 66.7 Å². The summed E-state index contributed by atoms with van der Waals surface area (Å²) in [6.45, 7) is 30.2. The zero-order valence-electron chi connectivity index (χ0n) is 82.6. The van der Waals surface area contributed by atoms with Gasteiger partial charge in [0.25, 0.3) is 0 Å². The lowest BCUT2D eigenvalue weighted by Gasteiger charge is -2.37. The summed E-state index contributed by atoms with van der Waals surface area (Å²) >= 11 is 0. The first-order valence-electron chi connectivity index (χ1n) is 46.8. The molecule has 18 rings (SSSR count). The molecule has 0 spiro atoms. The number of esters is 5. The Morgan fingerprint density at radius 1 is 0.371 bits per heavy atom. The predicted octanol–water partition coefficient (Wildman–Crippen LogP) is 9.61. The molecule has 143 heavy (non-hydrogen) atoms. The van der Waals surface area contributed by atoms with Gasteiger partial charge in [-0.3, -0.25) is 24.0 Å². The van der Waals surface area contributed by atoms with Crippen LogP contribution in [-0.4, -0.2) is 303 Å². The number of phenols is 2. The molecular formula is C98H125NO44.